The number of fused-ring (bicyclic) bond motifs is 1. The molecule has 3 aromatic carbocycles. The third kappa shape index (κ3) is 5.12. The van der Waals surface area contributed by atoms with E-state index in [9.17, 15) is 9.59 Å². The van der Waals surface area contributed by atoms with Crippen molar-refractivity contribution in [2.45, 2.75) is 0 Å². The second kappa shape index (κ2) is 10.5. The van der Waals surface area contributed by atoms with Crippen LogP contribution in [0.2, 0.25) is 0 Å². The lowest BCUT2D eigenvalue weighted by molar-refractivity contribution is -0.135. The van der Waals surface area contributed by atoms with Crippen LogP contribution in [0.3, 0.4) is 0 Å². The van der Waals surface area contributed by atoms with Crippen LogP contribution < -0.4 is 18.9 Å². The van der Waals surface area contributed by atoms with E-state index in [2.05, 4.69) is 11.8 Å². The molecule has 0 saturated carbocycles. The van der Waals surface area contributed by atoms with Crippen molar-refractivity contribution < 1.29 is 33.3 Å². The van der Waals surface area contributed by atoms with Crippen molar-refractivity contribution >= 4 is 17.8 Å². The fourth-order valence-corrected chi connectivity index (χ4v) is 3.46. The predicted octanol–water partition coefficient (Wildman–Crippen LogP) is 4.27. The average molecular weight is 470 g/mol. The summed E-state index contributed by atoms with van der Waals surface area (Å²) in [5, 5.41) is 0. The zero-order valence-electron chi connectivity index (χ0n) is 19.4. The Hall–Kier alpha value is -4.70. The molecule has 0 N–H and O–H groups in total. The topological polar surface area (TPSA) is 80.3 Å². The standard InChI is InChI=1S/C28H22O7/c1-31-24-14-19(10-9-18-7-5-4-6-8-18)21(16-25(24)32-2)13-22(28(30)33-3)27(29)20-11-12-23-26(15-20)35-17-34-23/h4-8,11-16H,17H2,1-3H3/b22-13+. The second-order valence-corrected chi connectivity index (χ2v) is 7.36. The molecule has 0 saturated heterocycles. The van der Waals surface area contributed by atoms with Gasteiger partial charge in [0.15, 0.2) is 28.8 Å². The van der Waals surface area contributed by atoms with Crippen molar-refractivity contribution in [3.63, 3.8) is 0 Å². The van der Waals surface area contributed by atoms with Gasteiger partial charge in [0, 0.05) is 22.8 Å². The SMILES string of the molecule is COC(=O)/C(=C/c1cc(OC)c(OC)cc1C#Cc1ccccc1)C(=O)c1ccc2c(c1)OCO2. The first kappa shape index (κ1) is 23.5. The molecule has 1 aliphatic rings. The van der Waals surface area contributed by atoms with Gasteiger partial charge in [-0.05, 0) is 48.0 Å². The lowest BCUT2D eigenvalue weighted by atomic mass is 9.98. The van der Waals surface area contributed by atoms with E-state index in [4.69, 9.17) is 23.7 Å². The second-order valence-electron chi connectivity index (χ2n) is 7.36. The molecule has 0 spiro atoms. The Kier molecular flexibility index (Phi) is 7.03. The highest BCUT2D eigenvalue weighted by molar-refractivity contribution is 6.27. The zero-order chi connectivity index (χ0) is 24.8. The normalized spacial score (nSPS) is 11.8. The van der Waals surface area contributed by atoms with Gasteiger partial charge in [0.05, 0.1) is 21.3 Å². The largest absolute Gasteiger partial charge is 0.493 e. The summed E-state index contributed by atoms with van der Waals surface area (Å²) in [7, 11) is 4.23. The monoisotopic (exact) mass is 470 g/mol. The van der Waals surface area contributed by atoms with Crippen LogP contribution in [0.15, 0.2) is 66.2 Å². The third-order valence-corrected chi connectivity index (χ3v) is 5.26. The van der Waals surface area contributed by atoms with Crippen molar-refractivity contribution in [3.05, 3.63) is 88.5 Å². The number of Topliss-reactive ketones (excluding diaryl/α,β-unsaturated/α-hetero) is 1. The minimum atomic E-state index is -0.788. The van der Waals surface area contributed by atoms with Crippen molar-refractivity contribution in [2.24, 2.45) is 0 Å². The number of esters is 1. The molecule has 0 aliphatic carbocycles. The molecule has 0 fully saturated rings. The van der Waals surface area contributed by atoms with Crippen LogP contribution in [0.1, 0.15) is 27.0 Å². The molecule has 0 unspecified atom stereocenters. The van der Waals surface area contributed by atoms with Gasteiger partial charge in [0.1, 0.15) is 5.57 Å². The molecule has 0 radical (unpaired) electrons. The molecule has 0 aromatic heterocycles. The van der Waals surface area contributed by atoms with Crippen LogP contribution in [0.25, 0.3) is 6.08 Å². The van der Waals surface area contributed by atoms with E-state index < -0.39 is 11.8 Å². The molecule has 1 aliphatic heterocycles. The Bertz CT molecular complexity index is 1360. The Morgan fingerprint density at radius 1 is 0.857 bits per heavy atom. The van der Waals surface area contributed by atoms with Crippen molar-refractivity contribution in [1.29, 1.82) is 0 Å². The maximum Gasteiger partial charge on any atom is 0.341 e. The average Bonchev–Trinajstić information content (AvgIpc) is 3.38. The summed E-state index contributed by atoms with van der Waals surface area (Å²) >= 11 is 0. The number of hydrogen-bond acceptors (Lipinski definition) is 7. The quantitative estimate of drug-likeness (QED) is 0.133. The van der Waals surface area contributed by atoms with Gasteiger partial charge in [0.25, 0.3) is 0 Å². The van der Waals surface area contributed by atoms with E-state index in [0.29, 0.717) is 34.1 Å². The Morgan fingerprint density at radius 2 is 1.57 bits per heavy atom. The lowest BCUT2D eigenvalue weighted by Gasteiger charge is -2.12. The third-order valence-electron chi connectivity index (χ3n) is 5.26. The summed E-state index contributed by atoms with van der Waals surface area (Å²) in [6.07, 6.45) is 1.44. The van der Waals surface area contributed by atoms with Gasteiger partial charge in [-0.3, -0.25) is 4.79 Å². The molecule has 0 bridgehead atoms. The van der Waals surface area contributed by atoms with E-state index in [0.717, 1.165) is 5.56 Å². The molecule has 7 nitrogen and oxygen atoms in total. The number of carbonyl (C=O) groups is 2. The minimum absolute atomic E-state index is 0.0712. The van der Waals surface area contributed by atoms with Gasteiger partial charge < -0.3 is 23.7 Å². The summed E-state index contributed by atoms with van der Waals surface area (Å²) in [6.45, 7) is 0.0712. The summed E-state index contributed by atoms with van der Waals surface area (Å²) in [5.41, 5.74) is 1.90. The van der Waals surface area contributed by atoms with Gasteiger partial charge >= 0.3 is 5.97 Å². The predicted molar refractivity (Wildman–Crippen MR) is 129 cm³/mol. The number of hydrogen-bond donors (Lipinski definition) is 0. The summed E-state index contributed by atoms with van der Waals surface area (Å²) in [4.78, 5) is 26.0. The van der Waals surface area contributed by atoms with Gasteiger partial charge in [-0.25, -0.2) is 4.79 Å². The Balaban J connectivity index is 1.83. The van der Waals surface area contributed by atoms with Crippen molar-refractivity contribution in [1.82, 2.24) is 0 Å². The van der Waals surface area contributed by atoms with Crippen LogP contribution >= 0.6 is 0 Å². The van der Waals surface area contributed by atoms with Crippen molar-refractivity contribution in [3.8, 4) is 34.8 Å². The highest BCUT2D eigenvalue weighted by atomic mass is 16.7. The maximum atomic E-state index is 13.4. The number of carbonyl (C=O) groups excluding carboxylic acids is 2. The fourth-order valence-electron chi connectivity index (χ4n) is 3.46. The van der Waals surface area contributed by atoms with E-state index in [1.807, 2.05) is 30.3 Å². The minimum Gasteiger partial charge on any atom is -0.493 e. The number of rotatable bonds is 6. The molecule has 4 rings (SSSR count). The van der Waals surface area contributed by atoms with E-state index in [-0.39, 0.29) is 17.9 Å². The van der Waals surface area contributed by atoms with Crippen LogP contribution in [0.5, 0.6) is 23.0 Å². The van der Waals surface area contributed by atoms with E-state index in [1.165, 1.54) is 33.5 Å². The number of ether oxygens (including phenoxy) is 5. The van der Waals surface area contributed by atoms with E-state index >= 15 is 0 Å². The first-order chi connectivity index (χ1) is 17.0. The first-order valence-electron chi connectivity index (χ1n) is 10.6. The smallest absolute Gasteiger partial charge is 0.341 e. The maximum absolute atomic E-state index is 13.4. The highest BCUT2D eigenvalue weighted by Gasteiger charge is 2.24. The van der Waals surface area contributed by atoms with Gasteiger partial charge in [-0.1, -0.05) is 30.0 Å². The molecule has 1 heterocycles. The van der Waals surface area contributed by atoms with E-state index in [1.54, 1.807) is 24.3 Å². The molecule has 35 heavy (non-hydrogen) atoms. The van der Waals surface area contributed by atoms with Gasteiger partial charge in [-0.2, -0.15) is 0 Å². The molecule has 0 atom stereocenters. The summed E-state index contributed by atoms with van der Waals surface area (Å²) in [6, 6.07) is 17.5. The summed E-state index contributed by atoms with van der Waals surface area (Å²) in [5.74, 6) is 6.71. The first-order valence-corrected chi connectivity index (χ1v) is 10.6. The number of methoxy groups -OCH3 is 3. The number of benzene rings is 3. The van der Waals surface area contributed by atoms with Crippen LogP contribution in [0, 0.1) is 11.8 Å². The Morgan fingerprint density at radius 3 is 2.29 bits per heavy atom. The molecule has 176 valence electrons. The van der Waals surface area contributed by atoms with Crippen molar-refractivity contribution in [2.75, 3.05) is 28.1 Å². The van der Waals surface area contributed by atoms with Crippen LogP contribution in [-0.4, -0.2) is 39.9 Å². The zero-order valence-corrected chi connectivity index (χ0v) is 19.4. The lowest BCUT2D eigenvalue weighted by Crippen LogP contribution is -2.15. The molecular formula is C28H22O7. The fraction of sp³-hybridized carbons (Fsp3) is 0.143. The molecule has 0 amide bonds. The molecule has 7 heteroatoms. The van der Waals surface area contributed by atoms with Gasteiger partial charge in [-0.15, -0.1) is 0 Å². The van der Waals surface area contributed by atoms with Gasteiger partial charge in [0.2, 0.25) is 6.79 Å². The van der Waals surface area contributed by atoms with Crippen LogP contribution in [-0.2, 0) is 9.53 Å². The molecular weight excluding hydrogens is 448 g/mol. The highest BCUT2D eigenvalue weighted by Crippen LogP contribution is 2.34. The van der Waals surface area contributed by atoms with Crippen LogP contribution in [0.4, 0.5) is 0 Å². The Labute approximate surface area is 202 Å². The molecule has 3 aromatic rings. The number of ketones is 1. The summed E-state index contributed by atoms with van der Waals surface area (Å²) < 4.78 is 26.4.